The molecule has 1 aromatic rings. The molecule has 0 radical (unpaired) electrons. The van der Waals surface area contributed by atoms with Gasteiger partial charge in [-0.3, -0.25) is 0 Å². The van der Waals surface area contributed by atoms with Gasteiger partial charge in [0.15, 0.2) is 0 Å². The molecule has 0 heteroatoms. The number of fused-ring (bicyclic) bond motifs is 1. The molecule has 3 unspecified atom stereocenters. The van der Waals surface area contributed by atoms with E-state index in [0.717, 1.165) is 17.8 Å². The third-order valence-electron chi connectivity index (χ3n) is 5.73. The van der Waals surface area contributed by atoms with Crippen LogP contribution in [0.3, 0.4) is 0 Å². The lowest BCUT2D eigenvalue weighted by atomic mass is 9.75. The van der Waals surface area contributed by atoms with Gasteiger partial charge in [0.1, 0.15) is 0 Å². The van der Waals surface area contributed by atoms with Crippen molar-refractivity contribution >= 4 is 0 Å². The molecule has 0 aliphatic heterocycles. The van der Waals surface area contributed by atoms with Crippen molar-refractivity contribution in [3.05, 3.63) is 34.9 Å². The van der Waals surface area contributed by atoms with Crippen molar-refractivity contribution in [3.8, 4) is 0 Å². The summed E-state index contributed by atoms with van der Waals surface area (Å²) in [6, 6.07) is 7.38. The van der Waals surface area contributed by atoms with E-state index >= 15 is 0 Å². The average Bonchev–Trinajstić information content (AvgIpc) is 2.80. The van der Waals surface area contributed by atoms with Crippen molar-refractivity contribution in [1.82, 2.24) is 0 Å². The van der Waals surface area contributed by atoms with Crippen molar-refractivity contribution in [2.45, 2.75) is 77.6 Å². The molecule has 0 N–H and O–H groups in total. The zero-order valence-corrected chi connectivity index (χ0v) is 13.7. The number of rotatable bonds is 1. The second-order valence-corrected chi connectivity index (χ2v) is 8.27. The Hall–Kier alpha value is -0.780. The number of benzene rings is 1. The smallest absolute Gasteiger partial charge is 0.0131 e. The molecule has 1 aromatic carbocycles. The Bertz CT molecular complexity index is 477. The van der Waals surface area contributed by atoms with Gasteiger partial charge < -0.3 is 0 Å². The Morgan fingerprint density at radius 1 is 0.900 bits per heavy atom. The van der Waals surface area contributed by atoms with E-state index < -0.39 is 0 Å². The first-order valence-electron chi connectivity index (χ1n) is 8.57. The van der Waals surface area contributed by atoms with Crippen molar-refractivity contribution < 1.29 is 0 Å². The fourth-order valence-corrected chi connectivity index (χ4v) is 4.61. The Morgan fingerprint density at radius 2 is 1.65 bits per heavy atom. The van der Waals surface area contributed by atoms with Crippen LogP contribution in [0.5, 0.6) is 0 Å². The third kappa shape index (κ3) is 2.67. The molecule has 2 fully saturated rings. The summed E-state index contributed by atoms with van der Waals surface area (Å²) in [5.74, 6) is 2.87. The van der Waals surface area contributed by atoms with Crippen LogP contribution in [0.2, 0.25) is 0 Å². The Balaban J connectivity index is 1.92. The maximum absolute atomic E-state index is 2.52. The van der Waals surface area contributed by atoms with E-state index in [9.17, 15) is 0 Å². The third-order valence-corrected chi connectivity index (χ3v) is 5.73. The van der Waals surface area contributed by atoms with Crippen LogP contribution in [0, 0.1) is 18.8 Å². The maximum atomic E-state index is 2.52. The van der Waals surface area contributed by atoms with Crippen molar-refractivity contribution in [2.75, 3.05) is 0 Å². The minimum Gasteiger partial charge on any atom is -0.0561 e. The van der Waals surface area contributed by atoms with Crippen LogP contribution in [0.1, 0.15) is 81.9 Å². The fraction of sp³-hybridized carbons (Fsp3) is 0.700. The highest BCUT2D eigenvalue weighted by Crippen LogP contribution is 2.50. The van der Waals surface area contributed by atoms with E-state index in [1.165, 1.54) is 49.7 Å². The van der Waals surface area contributed by atoms with Gasteiger partial charge in [-0.25, -0.2) is 0 Å². The molecule has 0 aromatic heterocycles. The number of hydrogen-bond acceptors (Lipinski definition) is 0. The standard InChI is InChI=1S/C20H30/c1-14-11-16(13-17(12-14)20(2,3)4)19-10-9-15-7-5-6-8-18(15)19/h11-13,15,18-19H,5-10H2,1-4H3. The molecule has 2 aliphatic rings. The van der Waals surface area contributed by atoms with E-state index in [1.54, 1.807) is 5.56 Å². The summed E-state index contributed by atoms with van der Waals surface area (Å²) in [4.78, 5) is 0. The van der Waals surface area contributed by atoms with E-state index in [2.05, 4.69) is 45.9 Å². The highest BCUT2D eigenvalue weighted by molar-refractivity contribution is 5.36. The van der Waals surface area contributed by atoms with E-state index in [0.29, 0.717) is 0 Å². The van der Waals surface area contributed by atoms with Gasteiger partial charge >= 0.3 is 0 Å². The first kappa shape index (κ1) is 14.2. The van der Waals surface area contributed by atoms with Crippen LogP contribution in [0.4, 0.5) is 0 Å². The molecule has 3 rings (SSSR count). The first-order valence-corrected chi connectivity index (χ1v) is 8.57. The summed E-state index contributed by atoms with van der Waals surface area (Å²) in [6.07, 6.45) is 8.84. The van der Waals surface area contributed by atoms with Crippen LogP contribution in [0.15, 0.2) is 18.2 Å². The van der Waals surface area contributed by atoms with Gasteiger partial charge in [0.05, 0.1) is 0 Å². The Morgan fingerprint density at radius 3 is 2.40 bits per heavy atom. The van der Waals surface area contributed by atoms with Crippen LogP contribution in [-0.4, -0.2) is 0 Å². The molecule has 20 heavy (non-hydrogen) atoms. The molecule has 0 heterocycles. The van der Waals surface area contributed by atoms with Crippen LogP contribution >= 0.6 is 0 Å². The number of aryl methyl sites for hydroxylation is 1. The molecule has 3 atom stereocenters. The topological polar surface area (TPSA) is 0 Å². The molecule has 0 spiro atoms. The average molecular weight is 270 g/mol. The van der Waals surface area contributed by atoms with Crippen LogP contribution in [-0.2, 0) is 5.41 Å². The molecule has 110 valence electrons. The normalized spacial score (nSPS) is 30.3. The molecule has 2 aliphatic carbocycles. The quantitative estimate of drug-likeness (QED) is 0.589. The van der Waals surface area contributed by atoms with Gasteiger partial charge in [0, 0.05) is 0 Å². The van der Waals surface area contributed by atoms with Gasteiger partial charge in [-0.15, -0.1) is 0 Å². The fourth-order valence-electron chi connectivity index (χ4n) is 4.61. The molecule has 2 saturated carbocycles. The van der Waals surface area contributed by atoms with Crippen molar-refractivity contribution in [2.24, 2.45) is 11.8 Å². The van der Waals surface area contributed by atoms with Gasteiger partial charge in [-0.2, -0.15) is 0 Å². The largest absolute Gasteiger partial charge is 0.0561 e. The van der Waals surface area contributed by atoms with Gasteiger partial charge in [0.2, 0.25) is 0 Å². The lowest BCUT2D eigenvalue weighted by molar-refractivity contribution is 0.260. The molecule has 0 bridgehead atoms. The van der Waals surface area contributed by atoms with Crippen molar-refractivity contribution in [3.63, 3.8) is 0 Å². The lowest BCUT2D eigenvalue weighted by Gasteiger charge is -2.30. The molecule has 0 saturated heterocycles. The summed E-state index contributed by atoms with van der Waals surface area (Å²) in [5.41, 5.74) is 4.88. The molecular weight excluding hydrogens is 240 g/mol. The van der Waals surface area contributed by atoms with Gasteiger partial charge in [0.25, 0.3) is 0 Å². The van der Waals surface area contributed by atoms with Crippen molar-refractivity contribution in [1.29, 1.82) is 0 Å². The van der Waals surface area contributed by atoms with E-state index in [4.69, 9.17) is 0 Å². The highest BCUT2D eigenvalue weighted by Gasteiger charge is 2.38. The van der Waals surface area contributed by atoms with Crippen LogP contribution in [0.25, 0.3) is 0 Å². The second-order valence-electron chi connectivity index (χ2n) is 8.27. The molecule has 0 amide bonds. The summed E-state index contributed by atoms with van der Waals surface area (Å²) < 4.78 is 0. The number of hydrogen-bond donors (Lipinski definition) is 0. The monoisotopic (exact) mass is 270 g/mol. The second kappa shape index (κ2) is 5.20. The van der Waals surface area contributed by atoms with E-state index in [-0.39, 0.29) is 5.41 Å². The summed E-state index contributed by atoms with van der Waals surface area (Å²) in [6.45, 7) is 9.28. The summed E-state index contributed by atoms with van der Waals surface area (Å²) >= 11 is 0. The predicted molar refractivity (Wildman–Crippen MR) is 87.3 cm³/mol. The molecule has 0 nitrogen and oxygen atoms in total. The van der Waals surface area contributed by atoms with Gasteiger partial charge in [-0.1, -0.05) is 63.8 Å². The Kier molecular flexibility index (Phi) is 3.69. The first-order chi connectivity index (χ1) is 9.45. The predicted octanol–water partition coefficient (Wildman–Crippen LogP) is 5.98. The Labute approximate surface area is 125 Å². The zero-order valence-electron chi connectivity index (χ0n) is 13.7. The summed E-state index contributed by atoms with van der Waals surface area (Å²) in [5, 5.41) is 0. The maximum Gasteiger partial charge on any atom is -0.0131 e. The minimum atomic E-state index is 0.269. The van der Waals surface area contributed by atoms with Crippen LogP contribution < -0.4 is 0 Å². The highest BCUT2D eigenvalue weighted by atomic mass is 14.4. The summed E-state index contributed by atoms with van der Waals surface area (Å²) in [7, 11) is 0. The molecular formula is C20H30. The van der Waals surface area contributed by atoms with Gasteiger partial charge in [-0.05, 0) is 60.5 Å². The SMILES string of the molecule is Cc1cc(C2CCC3CCCCC32)cc(C(C)(C)C)c1. The minimum absolute atomic E-state index is 0.269. The van der Waals surface area contributed by atoms with E-state index in [1.807, 2.05) is 0 Å². The lowest BCUT2D eigenvalue weighted by Crippen LogP contribution is -2.19. The zero-order chi connectivity index (χ0) is 14.3.